The van der Waals surface area contributed by atoms with Gasteiger partial charge >= 0.3 is 0 Å². The summed E-state index contributed by atoms with van der Waals surface area (Å²) < 4.78 is 11.0. The SMILES string of the molecule is O=C(CNC(=O)[C@@H]1COc2ccccc2O1)N/N=C\c1ccc(Cl)cc1. The molecule has 1 atom stereocenters. The van der Waals surface area contributed by atoms with Crippen molar-refractivity contribution in [1.29, 1.82) is 0 Å². The predicted molar refractivity (Wildman–Crippen MR) is 96.6 cm³/mol. The number of carbonyl (C=O) groups is 2. The van der Waals surface area contributed by atoms with Crippen LogP contribution >= 0.6 is 11.6 Å². The summed E-state index contributed by atoms with van der Waals surface area (Å²) >= 11 is 5.79. The van der Waals surface area contributed by atoms with Crippen LogP contribution in [0.2, 0.25) is 5.02 Å². The predicted octanol–water partition coefficient (Wildman–Crippen LogP) is 1.75. The van der Waals surface area contributed by atoms with Gasteiger partial charge in [0.2, 0.25) is 6.10 Å². The van der Waals surface area contributed by atoms with Gasteiger partial charge in [-0.15, -0.1) is 0 Å². The van der Waals surface area contributed by atoms with Gasteiger partial charge in [-0.05, 0) is 29.8 Å². The third kappa shape index (κ3) is 4.73. The van der Waals surface area contributed by atoms with Gasteiger partial charge in [0.15, 0.2) is 11.5 Å². The first-order chi connectivity index (χ1) is 12.6. The van der Waals surface area contributed by atoms with E-state index in [1.807, 2.05) is 6.07 Å². The molecule has 0 unspecified atom stereocenters. The lowest BCUT2D eigenvalue weighted by Gasteiger charge is -2.25. The largest absolute Gasteiger partial charge is 0.485 e. The number of amides is 2. The molecule has 1 heterocycles. The van der Waals surface area contributed by atoms with Gasteiger partial charge in [0.1, 0.15) is 6.61 Å². The Bertz CT molecular complexity index is 823. The normalized spacial score (nSPS) is 15.5. The third-order valence-electron chi connectivity index (χ3n) is 3.50. The van der Waals surface area contributed by atoms with E-state index in [9.17, 15) is 9.59 Å². The molecule has 0 fully saturated rings. The number of halogens is 1. The zero-order valence-corrected chi connectivity index (χ0v) is 14.4. The van der Waals surface area contributed by atoms with Crippen LogP contribution in [0.3, 0.4) is 0 Å². The van der Waals surface area contributed by atoms with E-state index in [0.717, 1.165) is 5.56 Å². The molecule has 3 rings (SSSR count). The summed E-state index contributed by atoms with van der Waals surface area (Å²) in [5.74, 6) is 0.193. The smallest absolute Gasteiger partial charge is 0.265 e. The maximum Gasteiger partial charge on any atom is 0.265 e. The van der Waals surface area contributed by atoms with Gasteiger partial charge in [-0.1, -0.05) is 35.9 Å². The highest BCUT2D eigenvalue weighted by Crippen LogP contribution is 2.30. The summed E-state index contributed by atoms with van der Waals surface area (Å²) in [7, 11) is 0. The van der Waals surface area contributed by atoms with Crippen molar-refractivity contribution in [3.8, 4) is 11.5 Å². The van der Waals surface area contributed by atoms with Crippen molar-refractivity contribution in [1.82, 2.24) is 10.7 Å². The van der Waals surface area contributed by atoms with Crippen LogP contribution in [0, 0.1) is 0 Å². The molecule has 1 aliphatic heterocycles. The molecule has 7 nitrogen and oxygen atoms in total. The van der Waals surface area contributed by atoms with Crippen LogP contribution in [0.4, 0.5) is 0 Å². The summed E-state index contributed by atoms with van der Waals surface area (Å²) in [5.41, 5.74) is 3.11. The second kappa shape index (κ2) is 8.35. The highest BCUT2D eigenvalue weighted by Gasteiger charge is 2.27. The van der Waals surface area contributed by atoms with E-state index in [0.29, 0.717) is 16.5 Å². The highest BCUT2D eigenvalue weighted by molar-refractivity contribution is 6.30. The molecule has 1 aliphatic rings. The molecule has 26 heavy (non-hydrogen) atoms. The van der Waals surface area contributed by atoms with Crippen LogP contribution in [0.25, 0.3) is 0 Å². The summed E-state index contributed by atoms with van der Waals surface area (Å²) in [6, 6.07) is 14.0. The monoisotopic (exact) mass is 373 g/mol. The maximum atomic E-state index is 12.1. The Morgan fingerprint density at radius 3 is 2.65 bits per heavy atom. The molecular weight excluding hydrogens is 358 g/mol. The molecule has 0 aliphatic carbocycles. The van der Waals surface area contributed by atoms with Gasteiger partial charge in [0.25, 0.3) is 11.8 Å². The lowest BCUT2D eigenvalue weighted by molar-refractivity contribution is -0.132. The van der Waals surface area contributed by atoms with Crippen molar-refractivity contribution in [3.63, 3.8) is 0 Å². The lowest BCUT2D eigenvalue weighted by Crippen LogP contribution is -2.46. The molecule has 2 aromatic rings. The van der Waals surface area contributed by atoms with E-state index in [2.05, 4.69) is 15.8 Å². The van der Waals surface area contributed by atoms with Crippen LogP contribution in [-0.2, 0) is 9.59 Å². The fourth-order valence-electron chi connectivity index (χ4n) is 2.20. The van der Waals surface area contributed by atoms with Crippen LogP contribution in [0.5, 0.6) is 11.5 Å². The number of nitrogens with zero attached hydrogens (tertiary/aromatic N) is 1. The number of nitrogens with one attached hydrogen (secondary N) is 2. The molecule has 2 amide bonds. The fourth-order valence-corrected chi connectivity index (χ4v) is 2.32. The number of hydrogen-bond donors (Lipinski definition) is 2. The van der Waals surface area contributed by atoms with Crippen molar-refractivity contribution in [2.75, 3.05) is 13.2 Å². The van der Waals surface area contributed by atoms with E-state index in [4.69, 9.17) is 21.1 Å². The summed E-state index contributed by atoms with van der Waals surface area (Å²) in [4.78, 5) is 23.8. The van der Waals surface area contributed by atoms with Crippen molar-refractivity contribution in [3.05, 3.63) is 59.1 Å². The Labute approximate surface area is 154 Å². The Hall–Kier alpha value is -3.06. The molecule has 2 aromatic carbocycles. The number of rotatable bonds is 5. The maximum absolute atomic E-state index is 12.1. The minimum Gasteiger partial charge on any atom is -0.485 e. The molecular formula is C18H16ClN3O4. The van der Waals surface area contributed by atoms with Crippen molar-refractivity contribution in [2.45, 2.75) is 6.10 Å². The van der Waals surface area contributed by atoms with E-state index >= 15 is 0 Å². The Morgan fingerprint density at radius 2 is 1.88 bits per heavy atom. The molecule has 0 radical (unpaired) electrons. The first kappa shape index (κ1) is 17.8. The average Bonchev–Trinajstić information content (AvgIpc) is 2.67. The Balaban J connectivity index is 1.43. The number of ether oxygens (including phenoxy) is 2. The summed E-state index contributed by atoms with van der Waals surface area (Å²) in [6.07, 6.45) is 0.667. The van der Waals surface area contributed by atoms with Crippen LogP contribution in [-0.4, -0.2) is 37.3 Å². The molecule has 0 saturated carbocycles. The Kier molecular flexibility index (Phi) is 5.70. The zero-order valence-electron chi connectivity index (χ0n) is 13.6. The molecule has 0 aromatic heterocycles. The number of hydrogen-bond acceptors (Lipinski definition) is 5. The van der Waals surface area contributed by atoms with Crippen LogP contribution in [0.1, 0.15) is 5.56 Å². The van der Waals surface area contributed by atoms with Crippen LogP contribution < -0.4 is 20.2 Å². The second-order valence-electron chi connectivity index (χ2n) is 5.43. The van der Waals surface area contributed by atoms with Crippen molar-refractivity contribution < 1.29 is 19.1 Å². The number of benzene rings is 2. The first-order valence-corrected chi connectivity index (χ1v) is 8.23. The summed E-state index contributed by atoms with van der Waals surface area (Å²) in [6.45, 7) is -0.141. The third-order valence-corrected chi connectivity index (χ3v) is 3.75. The fraction of sp³-hybridized carbons (Fsp3) is 0.167. The number of carbonyl (C=O) groups excluding carboxylic acids is 2. The Morgan fingerprint density at radius 1 is 1.15 bits per heavy atom. The second-order valence-corrected chi connectivity index (χ2v) is 5.86. The minimum atomic E-state index is -0.810. The average molecular weight is 374 g/mol. The number of para-hydroxylation sites is 2. The van der Waals surface area contributed by atoms with E-state index < -0.39 is 17.9 Å². The van der Waals surface area contributed by atoms with Gasteiger partial charge in [-0.2, -0.15) is 5.10 Å². The van der Waals surface area contributed by atoms with Gasteiger partial charge in [-0.25, -0.2) is 5.43 Å². The quantitative estimate of drug-likeness (QED) is 0.617. The minimum absolute atomic E-state index is 0.0825. The zero-order chi connectivity index (χ0) is 18.4. The van der Waals surface area contributed by atoms with E-state index in [-0.39, 0.29) is 13.2 Å². The first-order valence-electron chi connectivity index (χ1n) is 7.85. The van der Waals surface area contributed by atoms with Gasteiger partial charge in [0, 0.05) is 5.02 Å². The van der Waals surface area contributed by atoms with Gasteiger partial charge in [-0.3, -0.25) is 9.59 Å². The molecule has 0 bridgehead atoms. The molecule has 0 spiro atoms. The number of hydrazone groups is 1. The van der Waals surface area contributed by atoms with Crippen molar-refractivity contribution >= 4 is 29.6 Å². The van der Waals surface area contributed by atoms with Gasteiger partial charge < -0.3 is 14.8 Å². The highest BCUT2D eigenvalue weighted by atomic mass is 35.5. The van der Waals surface area contributed by atoms with Crippen molar-refractivity contribution in [2.24, 2.45) is 5.10 Å². The van der Waals surface area contributed by atoms with Gasteiger partial charge in [0.05, 0.1) is 12.8 Å². The van der Waals surface area contributed by atoms with E-state index in [1.165, 1.54) is 6.21 Å². The molecule has 2 N–H and O–H groups in total. The standard InChI is InChI=1S/C18H16ClN3O4/c19-13-7-5-12(6-8-13)9-21-22-17(23)10-20-18(24)16-11-25-14-3-1-2-4-15(14)26-16/h1-9,16H,10-11H2,(H,20,24)(H,22,23)/b21-9-/t16-/m0/s1. The van der Waals surface area contributed by atoms with E-state index in [1.54, 1.807) is 42.5 Å². The lowest BCUT2D eigenvalue weighted by atomic mass is 10.2. The molecule has 0 saturated heterocycles. The number of fused-ring (bicyclic) bond motifs is 1. The molecule has 134 valence electrons. The topological polar surface area (TPSA) is 89.0 Å². The molecule has 8 heteroatoms. The summed E-state index contributed by atoms with van der Waals surface area (Å²) in [5, 5.41) is 6.92. The van der Waals surface area contributed by atoms with Crippen LogP contribution in [0.15, 0.2) is 53.6 Å².